The quantitative estimate of drug-likeness (QED) is 0.757. The van der Waals surface area contributed by atoms with E-state index < -0.39 is 0 Å². The lowest BCUT2D eigenvalue weighted by atomic mass is 10.0. The third kappa shape index (κ3) is 3.37. The second-order valence-electron chi connectivity index (χ2n) is 5.64. The molecule has 0 N–H and O–H groups in total. The third-order valence-electron chi connectivity index (χ3n) is 3.98. The minimum absolute atomic E-state index is 0.228. The van der Waals surface area contributed by atoms with Gasteiger partial charge in [-0.25, -0.2) is 4.79 Å². The zero-order valence-corrected chi connectivity index (χ0v) is 11.7. The second-order valence-corrected chi connectivity index (χ2v) is 5.64. The van der Waals surface area contributed by atoms with Crippen LogP contribution < -0.4 is 0 Å². The molecule has 0 aliphatic carbocycles. The smallest absolute Gasteiger partial charge is 0.320 e. The van der Waals surface area contributed by atoms with Crippen LogP contribution in [-0.4, -0.2) is 54.7 Å². The fraction of sp³-hybridized carbons (Fsp3) is 0.929. The molecule has 104 valence electrons. The standard InChI is InChI=1S/C14H26N2O2/c1-3-18-13-7-5-9-16(11-13)14(17)15-8-4-6-12(2)10-15/h12-13H,3-11H2,1-2H3. The van der Waals surface area contributed by atoms with Gasteiger partial charge in [0.2, 0.25) is 0 Å². The minimum atomic E-state index is 0.228. The lowest BCUT2D eigenvalue weighted by molar-refractivity contribution is 0.0101. The van der Waals surface area contributed by atoms with Crippen molar-refractivity contribution < 1.29 is 9.53 Å². The molecule has 2 heterocycles. The summed E-state index contributed by atoms with van der Waals surface area (Å²) in [6.45, 7) is 8.53. The van der Waals surface area contributed by atoms with Crippen molar-refractivity contribution in [3.05, 3.63) is 0 Å². The molecule has 0 aromatic rings. The number of piperidine rings is 2. The fourth-order valence-electron chi connectivity index (χ4n) is 3.05. The highest BCUT2D eigenvalue weighted by Gasteiger charge is 2.29. The summed E-state index contributed by atoms with van der Waals surface area (Å²) < 4.78 is 5.66. The van der Waals surface area contributed by atoms with Crippen LogP contribution in [0.5, 0.6) is 0 Å². The van der Waals surface area contributed by atoms with E-state index in [9.17, 15) is 4.79 Å². The number of urea groups is 1. The lowest BCUT2D eigenvalue weighted by Crippen LogP contribution is -2.51. The lowest BCUT2D eigenvalue weighted by Gasteiger charge is -2.38. The predicted octanol–water partition coefficient (Wildman–Crippen LogP) is 2.34. The Kier molecular flexibility index (Phi) is 4.87. The van der Waals surface area contributed by atoms with Crippen LogP contribution in [0.25, 0.3) is 0 Å². The number of ether oxygens (including phenoxy) is 1. The molecular formula is C14H26N2O2. The van der Waals surface area contributed by atoms with Gasteiger partial charge in [-0.1, -0.05) is 6.92 Å². The van der Waals surface area contributed by atoms with E-state index in [1.807, 2.05) is 16.7 Å². The molecule has 0 bridgehead atoms. The Labute approximate surface area is 110 Å². The number of carbonyl (C=O) groups excluding carboxylic acids is 1. The zero-order valence-electron chi connectivity index (χ0n) is 11.7. The second kappa shape index (κ2) is 6.41. The molecule has 0 saturated carbocycles. The first kappa shape index (κ1) is 13.7. The van der Waals surface area contributed by atoms with E-state index in [1.165, 1.54) is 6.42 Å². The Morgan fingerprint density at radius 2 is 1.83 bits per heavy atom. The maximum absolute atomic E-state index is 12.4. The molecule has 0 aromatic heterocycles. The van der Waals surface area contributed by atoms with Gasteiger partial charge in [-0.3, -0.25) is 0 Å². The van der Waals surface area contributed by atoms with Gasteiger partial charge in [0.15, 0.2) is 0 Å². The van der Waals surface area contributed by atoms with Crippen molar-refractivity contribution >= 4 is 6.03 Å². The number of nitrogens with zero attached hydrogens (tertiary/aromatic N) is 2. The van der Waals surface area contributed by atoms with Gasteiger partial charge in [0.1, 0.15) is 0 Å². The normalized spacial score (nSPS) is 29.4. The van der Waals surface area contributed by atoms with E-state index in [2.05, 4.69) is 6.92 Å². The number of hydrogen-bond donors (Lipinski definition) is 0. The van der Waals surface area contributed by atoms with Crippen molar-refractivity contribution in [3.63, 3.8) is 0 Å². The number of hydrogen-bond acceptors (Lipinski definition) is 2. The number of amides is 2. The highest BCUT2D eigenvalue weighted by atomic mass is 16.5. The van der Waals surface area contributed by atoms with Crippen LogP contribution in [0, 0.1) is 5.92 Å². The average molecular weight is 254 g/mol. The maximum Gasteiger partial charge on any atom is 0.320 e. The van der Waals surface area contributed by atoms with E-state index in [0.717, 1.165) is 52.0 Å². The molecule has 2 atom stereocenters. The van der Waals surface area contributed by atoms with Crippen molar-refractivity contribution in [1.82, 2.24) is 9.80 Å². The Balaban J connectivity index is 1.87. The summed E-state index contributed by atoms with van der Waals surface area (Å²) in [5.41, 5.74) is 0. The SMILES string of the molecule is CCOC1CCCN(C(=O)N2CCCC(C)C2)C1. The van der Waals surface area contributed by atoms with E-state index in [1.54, 1.807) is 0 Å². The Hall–Kier alpha value is -0.770. The van der Waals surface area contributed by atoms with Crippen molar-refractivity contribution in [2.24, 2.45) is 5.92 Å². The summed E-state index contributed by atoms with van der Waals surface area (Å²) in [5, 5.41) is 0. The van der Waals surface area contributed by atoms with Crippen molar-refractivity contribution in [2.75, 3.05) is 32.8 Å². The summed E-state index contributed by atoms with van der Waals surface area (Å²) in [6, 6.07) is 0.228. The van der Waals surface area contributed by atoms with Crippen LogP contribution in [0.4, 0.5) is 4.79 Å². The van der Waals surface area contributed by atoms with E-state index in [-0.39, 0.29) is 12.1 Å². The molecule has 2 unspecified atom stereocenters. The predicted molar refractivity (Wildman–Crippen MR) is 71.6 cm³/mol. The first-order valence-corrected chi connectivity index (χ1v) is 7.36. The van der Waals surface area contributed by atoms with Gasteiger partial charge in [0, 0.05) is 32.8 Å². The summed E-state index contributed by atoms with van der Waals surface area (Å²) in [7, 11) is 0. The van der Waals surface area contributed by atoms with Crippen molar-refractivity contribution in [1.29, 1.82) is 0 Å². The number of carbonyl (C=O) groups is 1. The van der Waals surface area contributed by atoms with Gasteiger partial charge in [-0.05, 0) is 38.5 Å². The molecule has 2 saturated heterocycles. The molecule has 0 aromatic carbocycles. The molecule has 2 rings (SSSR count). The van der Waals surface area contributed by atoms with Crippen molar-refractivity contribution in [3.8, 4) is 0 Å². The topological polar surface area (TPSA) is 32.8 Å². The van der Waals surface area contributed by atoms with Gasteiger partial charge in [-0.15, -0.1) is 0 Å². The first-order chi connectivity index (χ1) is 8.70. The van der Waals surface area contributed by atoms with Crippen LogP contribution in [0.1, 0.15) is 39.5 Å². The van der Waals surface area contributed by atoms with E-state index in [0.29, 0.717) is 5.92 Å². The molecular weight excluding hydrogens is 228 g/mol. The highest BCUT2D eigenvalue weighted by molar-refractivity contribution is 5.74. The minimum Gasteiger partial charge on any atom is -0.377 e. The van der Waals surface area contributed by atoms with E-state index in [4.69, 9.17) is 4.74 Å². The number of rotatable bonds is 2. The summed E-state index contributed by atoms with van der Waals surface area (Å²) in [6.07, 6.45) is 4.81. The van der Waals surface area contributed by atoms with Gasteiger partial charge in [0.05, 0.1) is 6.10 Å². The molecule has 18 heavy (non-hydrogen) atoms. The monoisotopic (exact) mass is 254 g/mol. The molecule has 2 fully saturated rings. The fourth-order valence-corrected chi connectivity index (χ4v) is 3.05. The number of likely N-dealkylation sites (tertiary alicyclic amines) is 2. The van der Waals surface area contributed by atoms with Gasteiger partial charge in [0.25, 0.3) is 0 Å². The Morgan fingerprint density at radius 3 is 2.50 bits per heavy atom. The van der Waals surface area contributed by atoms with Gasteiger partial charge in [-0.2, -0.15) is 0 Å². The van der Waals surface area contributed by atoms with Gasteiger partial charge < -0.3 is 14.5 Å². The highest BCUT2D eigenvalue weighted by Crippen LogP contribution is 2.20. The van der Waals surface area contributed by atoms with Gasteiger partial charge >= 0.3 is 6.03 Å². The summed E-state index contributed by atoms with van der Waals surface area (Å²) in [4.78, 5) is 16.5. The van der Waals surface area contributed by atoms with Crippen molar-refractivity contribution in [2.45, 2.75) is 45.6 Å². The van der Waals surface area contributed by atoms with Crippen LogP contribution in [0.2, 0.25) is 0 Å². The van der Waals surface area contributed by atoms with E-state index >= 15 is 0 Å². The molecule has 4 heteroatoms. The molecule has 0 spiro atoms. The zero-order chi connectivity index (χ0) is 13.0. The largest absolute Gasteiger partial charge is 0.377 e. The average Bonchev–Trinajstić information content (AvgIpc) is 2.39. The molecule has 2 aliphatic heterocycles. The maximum atomic E-state index is 12.4. The Bertz CT molecular complexity index is 281. The van der Waals surface area contributed by atoms with Crippen LogP contribution in [-0.2, 0) is 4.74 Å². The summed E-state index contributed by atoms with van der Waals surface area (Å²) in [5.74, 6) is 0.648. The molecule has 4 nitrogen and oxygen atoms in total. The molecule has 2 amide bonds. The molecule has 2 aliphatic rings. The summed E-state index contributed by atoms with van der Waals surface area (Å²) >= 11 is 0. The Morgan fingerprint density at radius 1 is 1.17 bits per heavy atom. The molecule has 0 radical (unpaired) electrons. The first-order valence-electron chi connectivity index (χ1n) is 7.36. The third-order valence-corrected chi connectivity index (χ3v) is 3.98. The van der Waals surface area contributed by atoms with Crippen LogP contribution in [0.15, 0.2) is 0 Å². The van der Waals surface area contributed by atoms with Crippen LogP contribution in [0.3, 0.4) is 0 Å². The van der Waals surface area contributed by atoms with Crippen LogP contribution >= 0.6 is 0 Å².